The van der Waals surface area contributed by atoms with Crippen molar-refractivity contribution in [2.75, 3.05) is 11.1 Å². The summed E-state index contributed by atoms with van der Waals surface area (Å²) in [6.07, 6.45) is 0. The van der Waals surface area contributed by atoms with Crippen molar-refractivity contribution in [2.24, 2.45) is 0 Å². The number of carbonyl (C=O) groups is 1. The molecule has 0 heterocycles. The molecule has 3 N–H and O–H groups in total. The van der Waals surface area contributed by atoms with E-state index in [2.05, 4.69) is 37.2 Å². The number of nitrogens with two attached hydrogens (primary N) is 1. The van der Waals surface area contributed by atoms with Crippen molar-refractivity contribution in [3.8, 4) is 0 Å². The predicted molar refractivity (Wildman–Crippen MR) is 90.1 cm³/mol. The highest BCUT2D eigenvalue weighted by atomic mass is 79.9. The van der Waals surface area contributed by atoms with E-state index in [0.717, 1.165) is 25.8 Å². The summed E-state index contributed by atoms with van der Waals surface area (Å²) in [6.45, 7) is 3.81. The molecule has 0 bridgehead atoms. The van der Waals surface area contributed by atoms with E-state index in [0.29, 0.717) is 11.3 Å². The predicted octanol–water partition coefficient (Wildman–Crippen LogP) is 4.66. The second-order valence-corrected chi connectivity index (χ2v) is 6.47. The van der Waals surface area contributed by atoms with Crippen molar-refractivity contribution < 1.29 is 4.79 Å². The van der Waals surface area contributed by atoms with Crippen molar-refractivity contribution in [2.45, 2.75) is 13.8 Å². The minimum atomic E-state index is -0.173. The molecule has 0 aliphatic heterocycles. The second kappa shape index (κ2) is 5.97. The number of halogens is 2. The first-order valence-corrected chi connectivity index (χ1v) is 7.59. The van der Waals surface area contributed by atoms with Gasteiger partial charge in [0.25, 0.3) is 5.91 Å². The average Bonchev–Trinajstić information content (AvgIpc) is 2.32. The van der Waals surface area contributed by atoms with Crippen molar-refractivity contribution in [1.29, 1.82) is 0 Å². The molecule has 0 atom stereocenters. The summed E-state index contributed by atoms with van der Waals surface area (Å²) in [5, 5.41) is 2.89. The van der Waals surface area contributed by atoms with Crippen LogP contribution in [0.15, 0.2) is 39.3 Å². The van der Waals surface area contributed by atoms with Crippen LogP contribution < -0.4 is 11.1 Å². The van der Waals surface area contributed by atoms with Gasteiger partial charge in [-0.05, 0) is 55.3 Å². The lowest BCUT2D eigenvalue weighted by molar-refractivity contribution is 0.102. The van der Waals surface area contributed by atoms with E-state index in [1.54, 1.807) is 12.1 Å². The maximum Gasteiger partial charge on any atom is 0.256 e. The van der Waals surface area contributed by atoms with Crippen molar-refractivity contribution in [1.82, 2.24) is 0 Å². The van der Waals surface area contributed by atoms with Gasteiger partial charge >= 0.3 is 0 Å². The van der Waals surface area contributed by atoms with Crippen LogP contribution in [-0.4, -0.2) is 5.91 Å². The number of carbonyl (C=O) groups excluding carboxylic acids is 1. The number of aryl methyl sites for hydroxylation is 1. The molecule has 20 heavy (non-hydrogen) atoms. The van der Waals surface area contributed by atoms with Crippen LogP contribution in [0.1, 0.15) is 21.5 Å². The molecule has 0 aliphatic rings. The number of amides is 1. The highest BCUT2D eigenvalue weighted by Gasteiger charge is 2.13. The largest absolute Gasteiger partial charge is 0.398 e. The van der Waals surface area contributed by atoms with Crippen LogP contribution in [0.5, 0.6) is 0 Å². The molecule has 0 saturated carbocycles. The summed E-state index contributed by atoms with van der Waals surface area (Å²) in [4.78, 5) is 12.4. The van der Waals surface area contributed by atoms with E-state index < -0.39 is 0 Å². The Kier molecular flexibility index (Phi) is 4.50. The summed E-state index contributed by atoms with van der Waals surface area (Å²) >= 11 is 6.77. The van der Waals surface area contributed by atoms with Crippen LogP contribution in [0, 0.1) is 13.8 Å². The molecule has 0 unspecified atom stereocenters. The van der Waals surface area contributed by atoms with Gasteiger partial charge in [0.1, 0.15) is 0 Å². The van der Waals surface area contributed by atoms with E-state index in [-0.39, 0.29) is 5.91 Å². The molecule has 5 heteroatoms. The van der Waals surface area contributed by atoms with Crippen LogP contribution in [0.3, 0.4) is 0 Å². The first-order chi connectivity index (χ1) is 9.36. The molecule has 2 rings (SSSR count). The summed E-state index contributed by atoms with van der Waals surface area (Å²) in [7, 11) is 0. The number of benzene rings is 2. The monoisotopic (exact) mass is 396 g/mol. The quantitative estimate of drug-likeness (QED) is 0.723. The first kappa shape index (κ1) is 15.1. The zero-order valence-electron chi connectivity index (χ0n) is 11.1. The molecule has 0 saturated heterocycles. The summed E-state index contributed by atoms with van der Waals surface area (Å²) in [5.41, 5.74) is 9.64. The Morgan fingerprint density at radius 2 is 1.70 bits per heavy atom. The molecule has 3 nitrogen and oxygen atoms in total. The topological polar surface area (TPSA) is 55.1 Å². The number of hydrogen-bond acceptors (Lipinski definition) is 2. The third-order valence-electron chi connectivity index (χ3n) is 2.96. The molecule has 0 aliphatic carbocycles. The summed E-state index contributed by atoms with van der Waals surface area (Å²) < 4.78 is 1.72. The number of rotatable bonds is 2. The van der Waals surface area contributed by atoms with Crippen LogP contribution in [0.25, 0.3) is 0 Å². The van der Waals surface area contributed by atoms with Crippen LogP contribution in [0.4, 0.5) is 11.4 Å². The van der Waals surface area contributed by atoms with Gasteiger partial charge in [-0.25, -0.2) is 0 Å². The first-order valence-electron chi connectivity index (χ1n) is 6.01. The SMILES string of the molecule is Cc1cc(Br)cc(NC(=O)c2cc(Br)cc(N)c2C)c1. The minimum Gasteiger partial charge on any atom is -0.398 e. The Balaban J connectivity index is 2.33. The smallest absolute Gasteiger partial charge is 0.256 e. The van der Waals surface area contributed by atoms with Gasteiger partial charge in [0.2, 0.25) is 0 Å². The standard InChI is InChI=1S/C15H14Br2N2O/c1-8-3-10(16)5-12(4-8)19-15(20)13-6-11(17)7-14(18)9(13)2/h3-7H,18H2,1-2H3,(H,19,20). The average molecular weight is 398 g/mol. The van der Waals surface area contributed by atoms with Crippen molar-refractivity contribution in [3.63, 3.8) is 0 Å². The molecule has 2 aromatic rings. The van der Waals surface area contributed by atoms with Crippen LogP contribution >= 0.6 is 31.9 Å². The molecule has 0 radical (unpaired) electrons. The third-order valence-corrected chi connectivity index (χ3v) is 3.87. The molecule has 0 spiro atoms. The summed E-state index contributed by atoms with van der Waals surface area (Å²) in [6, 6.07) is 9.32. The Morgan fingerprint density at radius 1 is 1.05 bits per heavy atom. The highest BCUT2D eigenvalue weighted by molar-refractivity contribution is 9.10. The van der Waals surface area contributed by atoms with Crippen LogP contribution in [0.2, 0.25) is 0 Å². The summed E-state index contributed by atoms with van der Waals surface area (Å²) in [5.74, 6) is -0.173. The van der Waals surface area contributed by atoms with E-state index in [4.69, 9.17) is 5.73 Å². The van der Waals surface area contributed by atoms with Gasteiger partial charge in [-0.1, -0.05) is 31.9 Å². The molecular weight excluding hydrogens is 384 g/mol. The lowest BCUT2D eigenvalue weighted by atomic mass is 10.1. The van der Waals surface area contributed by atoms with Gasteiger partial charge in [0, 0.05) is 25.9 Å². The number of hydrogen-bond donors (Lipinski definition) is 2. The molecular formula is C15H14Br2N2O. The number of nitrogens with one attached hydrogen (secondary N) is 1. The minimum absolute atomic E-state index is 0.173. The number of anilines is 2. The van der Waals surface area contributed by atoms with Gasteiger partial charge in [-0.3, -0.25) is 4.79 Å². The number of nitrogen functional groups attached to an aromatic ring is 1. The third kappa shape index (κ3) is 3.41. The Bertz CT molecular complexity index is 664. The highest BCUT2D eigenvalue weighted by Crippen LogP contribution is 2.25. The molecule has 0 fully saturated rings. The fraction of sp³-hybridized carbons (Fsp3) is 0.133. The fourth-order valence-corrected chi connectivity index (χ4v) is 3.03. The van der Waals surface area contributed by atoms with Gasteiger partial charge in [-0.2, -0.15) is 0 Å². The van der Waals surface area contributed by atoms with E-state index in [1.165, 1.54) is 0 Å². The van der Waals surface area contributed by atoms with Crippen molar-refractivity contribution >= 4 is 49.1 Å². The van der Waals surface area contributed by atoms with E-state index >= 15 is 0 Å². The van der Waals surface area contributed by atoms with Gasteiger partial charge in [-0.15, -0.1) is 0 Å². The lowest BCUT2D eigenvalue weighted by Crippen LogP contribution is -2.14. The molecule has 1 amide bonds. The van der Waals surface area contributed by atoms with Gasteiger partial charge in [0.15, 0.2) is 0 Å². The Morgan fingerprint density at radius 3 is 2.35 bits per heavy atom. The second-order valence-electron chi connectivity index (χ2n) is 4.64. The molecule has 2 aromatic carbocycles. The van der Waals surface area contributed by atoms with Crippen molar-refractivity contribution in [3.05, 3.63) is 56.0 Å². The molecule has 104 valence electrons. The molecule has 0 aromatic heterocycles. The van der Waals surface area contributed by atoms with E-state index in [9.17, 15) is 4.79 Å². The van der Waals surface area contributed by atoms with E-state index in [1.807, 2.05) is 32.0 Å². The maximum absolute atomic E-state index is 12.4. The van der Waals surface area contributed by atoms with Gasteiger partial charge in [0.05, 0.1) is 0 Å². The fourth-order valence-electron chi connectivity index (χ4n) is 1.94. The van der Waals surface area contributed by atoms with Crippen LogP contribution in [-0.2, 0) is 0 Å². The zero-order chi connectivity index (χ0) is 14.9. The van der Waals surface area contributed by atoms with Gasteiger partial charge < -0.3 is 11.1 Å². The normalized spacial score (nSPS) is 10.4. The lowest BCUT2D eigenvalue weighted by Gasteiger charge is -2.11. The Labute approximate surface area is 134 Å². The maximum atomic E-state index is 12.4. The Hall–Kier alpha value is -1.33. The zero-order valence-corrected chi connectivity index (χ0v) is 14.3.